The van der Waals surface area contributed by atoms with Gasteiger partial charge < -0.3 is 5.32 Å². The zero-order valence-electron chi connectivity index (χ0n) is 15.0. The Balaban J connectivity index is 1.59. The molecule has 0 bridgehead atoms. The van der Waals surface area contributed by atoms with Gasteiger partial charge in [-0.1, -0.05) is 53.7 Å². The summed E-state index contributed by atoms with van der Waals surface area (Å²) in [6.07, 6.45) is 1.56. The number of amides is 1. The van der Waals surface area contributed by atoms with Gasteiger partial charge in [0.25, 0.3) is 0 Å². The number of aromatic nitrogens is 2. The molecule has 0 saturated heterocycles. The molecule has 2 heterocycles. The van der Waals surface area contributed by atoms with Gasteiger partial charge in [-0.3, -0.25) is 4.79 Å². The lowest BCUT2D eigenvalue weighted by atomic mass is 10.0. The van der Waals surface area contributed by atoms with E-state index >= 15 is 0 Å². The molecule has 2 aromatic carbocycles. The van der Waals surface area contributed by atoms with Crippen molar-refractivity contribution in [2.45, 2.75) is 11.9 Å². The van der Waals surface area contributed by atoms with Gasteiger partial charge in [0.2, 0.25) is 5.91 Å². The highest BCUT2D eigenvalue weighted by molar-refractivity contribution is 8.00. The number of rotatable bonds is 5. The van der Waals surface area contributed by atoms with Crippen molar-refractivity contribution in [1.29, 1.82) is 0 Å². The number of hydrogen-bond donors (Lipinski definition) is 1. The molecule has 4 nitrogen and oxygen atoms in total. The van der Waals surface area contributed by atoms with Crippen LogP contribution in [0.25, 0.3) is 21.3 Å². The molecule has 0 saturated carbocycles. The number of nitrogens with zero attached hydrogens (tertiary/aromatic N) is 2. The van der Waals surface area contributed by atoms with Gasteiger partial charge >= 0.3 is 0 Å². The van der Waals surface area contributed by atoms with E-state index in [9.17, 15) is 4.79 Å². The van der Waals surface area contributed by atoms with Crippen LogP contribution >= 0.6 is 34.7 Å². The van der Waals surface area contributed by atoms with Crippen LogP contribution in [0.5, 0.6) is 0 Å². The Bertz CT molecular complexity index is 1130. The second kappa shape index (κ2) is 8.31. The van der Waals surface area contributed by atoms with Gasteiger partial charge in [0.1, 0.15) is 16.2 Å². The number of hydrogen-bond acceptors (Lipinski definition) is 5. The number of halogens is 1. The maximum Gasteiger partial charge on any atom is 0.234 e. The molecule has 7 heteroatoms. The van der Waals surface area contributed by atoms with Crippen LogP contribution in [0.1, 0.15) is 4.88 Å². The standard InChI is InChI=1S/C21H16ClN3OS2/c1-13-18(14-5-3-2-4-6-14)19-20(23-12-24-21(19)28-13)27-11-17(26)25-16-9-7-15(22)8-10-16/h2-10,12H,11H2,1H3,(H,25,26). The number of carbonyl (C=O) groups excluding carboxylic acids is 1. The second-order valence-electron chi connectivity index (χ2n) is 6.10. The lowest BCUT2D eigenvalue weighted by Crippen LogP contribution is -2.14. The molecule has 0 fully saturated rings. The first-order chi connectivity index (χ1) is 13.6. The van der Waals surface area contributed by atoms with Gasteiger partial charge in [-0.05, 0) is 36.8 Å². The van der Waals surface area contributed by atoms with Gasteiger partial charge in [-0.15, -0.1) is 11.3 Å². The maximum atomic E-state index is 12.4. The third-order valence-corrected chi connectivity index (χ3v) is 6.41. The summed E-state index contributed by atoms with van der Waals surface area (Å²) in [5.74, 6) is 0.171. The third kappa shape index (κ3) is 4.04. The molecular weight excluding hydrogens is 410 g/mol. The first-order valence-corrected chi connectivity index (χ1v) is 10.8. The van der Waals surface area contributed by atoms with E-state index in [0.717, 1.165) is 32.1 Å². The summed E-state index contributed by atoms with van der Waals surface area (Å²) in [6.45, 7) is 2.09. The molecule has 4 rings (SSSR count). The van der Waals surface area contributed by atoms with Crippen LogP contribution in [-0.4, -0.2) is 21.6 Å². The largest absolute Gasteiger partial charge is 0.325 e. The topological polar surface area (TPSA) is 54.9 Å². The molecule has 0 spiro atoms. The number of benzene rings is 2. The fourth-order valence-corrected chi connectivity index (χ4v) is 4.95. The molecule has 1 amide bonds. The molecule has 0 unspecified atom stereocenters. The summed E-state index contributed by atoms with van der Waals surface area (Å²) in [5.41, 5.74) is 2.99. The maximum absolute atomic E-state index is 12.4. The van der Waals surface area contributed by atoms with Crippen LogP contribution in [0.4, 0.5) is 5.69 Å². The van der Waals surface area contributed by atoms with E-state index in [4.69, 9.17) is 11.6 Å². The Morgan fingerprint density at radius 1 is 1.11 bits per heavy atom. The number of aryl methyl sites for hydroxylation is 1. The lowest BCUT2D eigenvalue weighted by molar-refractivity contribution is -0.113. The molecule has 1 N–H and O–H groups in total. The van der Waals surface area contributed by atoms with Crippen molar-refractivity contribution < 1.29 is 4.79 Å². The molecule has 0 atom stereocenters. The third-order valence-electron chi connectivity index (χ3n) is 4.16. The fourth-order valence-electron chi connectivity index (χ4n) is 2.94. The molecule has 0 aliphatic carbocycles. The normalized spacial score (nSPS) is 10.9. The quantitative estimate of drug-likeness (QED) is 0.312. The van der Waals surface area contributed by atoms with Crippen LogP contribution in [0.2, 0.25) is 5.02 Å². The highest BCUT2D eigenvalue weighted by Crippen LogP contribution is 2.41. The van der Waals surface area contributed by atoms with Crippen molar-refractivity contribution in [3.8, 4) is 11.1 Å². The summed E-state index contributed by atoms with van der Waals surface area (Å²) < 4.78 is 0. The van der Waals surface area contributed by atoms with Crippen LogP contribution in [-0.2, 0) is 4.79 Å². The number of anilines is 1. The highest BCUT2D eigenvalue weighted by Gasteiger charge is 2.17. The number of thioether (sulfide) groups is 1. The Morgan fingerprint density at radius 3 is 2.61 bits per heavy atom. The van der Waals surface area contributed by atoms with Crippen molar-refractivity contribution in [3.05, 3.63) is 70.8 Å². The molecule has 0 aliphatic rings. The fraction of sp³-hybridized carbons (Fsp3) is 0.0952. The number of fused-ring (bicyclic) bond motifs is 1. The average Bonchev–Trinajstić information content (AvgIpc) is 3.05. The predicted octanol–water partition coefficient (Wildman–Crippen LogP) is 6.05. The Kier molecular flexibility index (Phi) is 5.62. The molecule has 4 aromatic rings. The zero-order chi connectivity index (χ0) is 19.5. The van der Waals surface area contributed by atoms with Gasteiger partial charge in [0.15, 0.2) is 0 Å². The van der Waals surface area contributed by atoms with Crippen molar-refractivity contribution in [2.24, 2.45) is 0 Å². The molecule has 0 radical (unpaired) electrons. The minimum atomic E-state index is -0.0905. The number of thiophene rings is 1. The average molecular weight is 426 g/mol. The predicted molar refractivity (Wildman–Crippen MR) is 118 cm³/mol. The van der Waals surface area contributed by atoms with Gasteiger partial charge in [0, 0.05) is 21.2 Å². The van der Waals surface area contributed by atoms with Crippen LogP contribution in [0.15, 0.2) is 66.0 Å². The van der Waals surface area contributed by atoms with E-state index in [0.29, 0.717) is 5.02 Å². The molecular formula is C21H16ClN3OS2. The van der Waals surface area contributed by atoms with Gasteiger partial charge in [-0.25, -0.2) is 9.97 Å². The van der Waals surface area contributed by atoms with Gasteiger partial charge in [-0.2, -0.15) is 0 Å². The summed E-state index contributed by atoms with van der Waals surface area (Å²) in [4.78, 5) is 23.4. The summed E-state index contributed by atoms with van der Waals surface area (Å²) in [5, 5.41) is 5.35. The number of nitrogens with one attached hydrogen (secondary N) is 1. The Hall–Kier alpha value is -2.41. The van der Waals surface area contributed by atoms with E-state index in [2.05, 4.69) is 34.3 Å². The molecule has 0 aliphatic heterocycles. The first-order valence-electron chi connectivity index (χ1n) is 8.59. The van der Waals surface area contributed by atoms with Gasteiger partial charge in [0.05, 0.1) is 11.1 Å². The second-order valence-corrected chi connectivity index (χ2v) is 8.71. The smallest absolute Gasteiger partial charge is 0.234 e. The number of carbonyl (C=O) groups is 1. The SMILES string of the molecule is Cc1sc2ncnc(SCC(=O)Nc3ccc(Cl)cc3)c2c1-c1ccccc1. The van der Waals surface area contributed by atoms with Crippen molar-refractivity contribution >= 4 is 56.5 Å². The van der Waals surface area contributed by atoms with Crippen molar-refractivity contribution in [1.82, 2.24) is 9.97 Å². The van der Waals surface area contributed by atoms with E-state index in [-0.39, 0.29) is 11.7 Å². The van der Waals surface area contributed by atoms with E-state index < -0.39 is 0 Å². The van der Waals surface area contributed by atoms with E-state index in [1.807, 2.05) is 18.2 Å². The Labute approximate surface area is 176 Å². The van der Waals surface area contributed by atoms with E-state index in [1.165, 1.54) is 16.6 Å². The van der Waals surface area contributed by atoms with Crippen LogP contribution in [0, 0.1) is 6.92 Å². The van der Waals surface area contributed by atoms with E-state index in [1.54, 1.807) is 41.9 Å². The Morgan fingerprint density at radius 2 is 1.86 bits per heavy atom. The summed E-state index contributed by atoms with van der Waals surface area (Å²) >= 11 is 8.95. The lowest BCUT2D eigenvalue weighted by Gasteiger charge is -2.07. The minimum Gasteiger partial charge on any atom is -0.325 e. The first kappa shape index (κ1) is 18.9. The van der Waals surface area contributed by atoms with Crippen molar-refractivity contribution in [3.63, 3.8) is 0 Å². The van der Waals surface area contributed by atoms with Crippen molar-refractivity contribution in [2.75, 3.05) is 11.1 Å². The summed E-state index contributed by atoms with van der Waals surface area (Å²) in [6, 6.07) is 17.3. The monoisotopic (exact) mass is 425 g/mol. The zero-order valence-corrected chi connectivity index (χ0v) is 17.4. The molecule has 28 heavy (non-hydrogen) atoms. The summed E-state index contributed by atoms with van der Waals surface area (Å²) in [7, 11) is 0. The highest BCUT2D eigenvalue weighted by atomic mass is 35.5. The molecule has 2 aromatic heterocycles. The minimum absolute atomic E-state index is 0.0905. The van der Waals surface area contributed by atoms with Crippen LogP contribution < -0.4 is 5.32 Å². The molecule has 140 valence electrons. The van der Waals surface area contributed by atoms with Crippen LogP contribution in [0.3, 0.4) is 0 Å².